The van der Waals surface area contributed by atoms with E-state index in [4.69, 9.17) is 39.5 Å². The monoisotopic (exact) mass is 510 g/mol. The minimum Gasteiger partial charge on any atom is -0.378 e. The predicted molar refractivity (Wildman–Crippen MR) is 136 cm³/mol. The lowest BCUT2D eigenvalue weighted by molar-refractivity contribution is 0.0389. The summed E-state index contributed by atoms with van der Waals surface area (Å²) in [6, 6.07) is 11.7. The molecule has 178 valence electrons. The van der Waals surface area contributed by atoms with Gasteiger partial charge in [-0.25, -0.2) is 4.79 Å². The number of carbonyl (C=O) groups excluding carboxylic acids is 1. The Morgan fingerprint density at radius 2 is 1.79 bits per heavy atom. The molecular formula is C24H29Cl3N4O2. The maximum Gasteiger partial charge on any atom is 0.320 e. The van der Waals surface area contributed by atoms with Gasteiger partial charge in [-0.3, -0.25) is 0 Å². The summed E-state index contributed by atoms with van der Waals surface area (Å²) in [6.45, 7) is 8.89. The highest BCUT2D eigenvalue weighted by Gasteiger charge is 2.31. The van der Waals surface area contributed by atoms with E-state index in [0.29, 0.717) is 47.9 Å². The first-order valence-electron chi connectivity index (χ1n) is 11.2. The second-order valence-electron chi connectivity index (χ2n) is 8.57. The van der Waals surface area contributed by atoms with Crippen molar-refractivity contribution >= 4 is 52.2 Å². The molecule has 1 unspecified atom stereocenters. The third-order valence-electron chi connectivity index (χ3n) is 6.27. The lowest BCUT2D eigenvalue weighted by Gasteiger charge is -2.43. The fourth-order valence-corrected chi connectivity index (χ4v) is 5.14. The van der Waals surface area contributed by atoms with Gasteiger partial charge in [0.2, 0.25) is 0 Å². The third kappa shape index (κ3) is 5.62. The molecule has 2 aromatic rings. The summed E-state index contributed by atoms with van der Waals surface area (Å²) in [5.41, 5.74) is 2.86. The third-order valence-corrected chi connectivity index (χ3v) is 7.16. The summed E-state index contributed by atoms with van der Waals surface area (Å²) in [4.78, 5) is 19.1. The molecule has 2 aliphatic rings. The van der Waals surface area contributed by atoms with E-state index >= 15 is 0 Å². The number of rotatable bonds is 4. The van der Waals surface area contributed by atoms with Crippen molar-refractivity contribution in [3.05, 3.63) is 57.0 Å². The molecule has 0 aromatic heterocycles. The van der Waals surface area contributed by atoms with Crippen molar-refractivity contribution in [2.24, 2.45) is 0 Å². The van der Waals surface area contributed by atoms with Crippen LogP contribution in [0.15, 0.2) is 36.4 Å². The molecule has 0 aliphatic carbocycles. The van der Waals surface area contributed by atoms with Crippen LogP contribution in [-0.2, 0) is 4.74 Å². The molecule has 2 fully saturated rings. The molecule has 0 spiro atoms. The van der Waals surface area contributed by atoms with Crippen LogP contribution in [0.2, 0.25) is 15.1 Å². The fraction of sp³-hybridized carbons (Fsp3) is 0.458. The van der Waals surface area contributed by atoms with Gasteiger partial charge in [-0.1, -0.05) is 40.9 Å². The van der Waals surface area contributed by atoms with Crippen molar-refractivity contribution in [2.75, 3.05) is 56.2 Å². The van der Waals surface area contributed by atoms with E-state index in [-0.39, 0.29) is 18.1 Å². The summed E-state index contributed by atoms with van der Waals surface area (Å²) >= 11 is 18.9. The van der Waals surface area contributed by atoms with Crippen molar-refractivity contribution in [1.82, 2.24) is 9.80 Å². The molecule has 6 nitrogen and oxygen atoms in total. The van der Waals surface area contributed by atoms with Crippen LogP contribution in [0.25, 0.3) is 0 Å². The first kappa shape index (κ1) is 24.3. The summed E-state index contributed by atoms with van der Waals surface area (Å²) in [5, 5.41) is 5.34. The zero-order valence-corrected chi connectivity index (χ0v) is 21.1. The second kappa shape index (κ2) is 10.6. The molecule has 0 radical (unpaired) electrons. The van der Waals surface area contributed by atoms with Crippen molar-refractivity contribution in [1.29, 1.82) is 0 Å². The number of ether oxygens (including phenoxy) is 1. The minimum absolute atomic E-state index is 0.0515. The number of benzene rings is 2. The Labute approximate surface area is 210 Å². The Hall–Kier alpha value is -1.86. The Balaban J connectivity index is 1.44. The number of hydrogen-bond acceptors (Lipinski definition) is 4. The van der Waals surface area contributed by atoms with Crippen LogP contribution in [0.3, 0.4) is 0 Å². The number of piperazine rings is 1. The van der Waals surface area contributed by atoms with Gasteiger partial charge in [-0.2, -0.15) is 0 Å². The van der Waals surface area contributed by atoms with Gasteiger partial charge in [0, 0.05) is 54.5 Å². The predicted octanol–water partition coefficient (Wildman–Crippen LogP) is 5.78. The molecule has 33 heavy (non-hydrogen) atoms. The van der Waals surface area contributed by atoms with Crippen molar-refractivity contribution in [3.63, 3.8) is 0 Å². The lowest BCUT2D eigenvalue weighted by atomic mass is 10.1. The maximum atomic E-state index is 12.9. The number of halogens is 3. The van der Waals surface area contributed by atoms with E-state index in [9.17, 15) is 4.79 Å². The van der Waals surface area contributed by atoms with Crippen LogP contribution in [0.1, 0.15) is 25.5 Å². The van der Waals surface area contributed by atoms with Gasteiger partial charge in [-0.05, 0) is 49.7 Å². The molecule has 2 atom stereocenters. The normalized spacial score (nSPS) is 20.0. The molecule has 2 amide bonds. The van der Waals surface area contributed by atoms with Gasteiger partial charge in [-0.15, -0.1) is 0 Å². The molecule has 2 aromatic carbocycles. The van der Waals surface area contributed by atoms with Crippen LogP contribution < -0.4 is 10.2 Å². The number of carbonyl (C=O) groups is 1. The molecule has 2 aliphatic heterocycles. The molecule has 2 saturated heterocycles. The highest BCUT2D eigenvalue weighted by molar-refractivity contribution is 6.35. The molecular weight excluding hydrogens is 483 g/mol. The number of amides is 2. The summed E-state index contributed by atoms with van der Waals surface area (Å²) < 4.78 is 5.38. The quantitative estimate of drug-likeness (QED) is 0.565. The first-order chi connectivity index (χ1) is 15.8. The average molecular weight is 512 g/mol. The van der Waals surface area contributed by atoms with Gasteiger partial charge in [0.05, 0.1) is 30.0 Å². The number of morpholine rings is 1. The van der Waals surface area contributed by atoms with Gasteiger partial charge in [0.25, 0.3) is 0 Å². The Morgan fingerprint density at radius 3 is 2.48 bits per heavy atom. The molecule has 4 rings (SSSR count). The van der Waals surface area contributed by atoms with E-state index in [1.807, 2.05) is 41.0 Å². The van der Waals surface area contributed by atoms with Crippen LogP contribution in [0.5, 0.6) is 0 Å². The lowest BCUT2D eigenvalue weighted by Crippen LogP contribution is -2.58. The van der Waals surface area contributed by atoms with Gasteiger partial charge in [0.1, 0.15) is 0 Å². The standard InChI is InChI=1S/C24H29Cl3N4O2/c1-16-15-30(7-8-31(16)24(32)29-9-11-33-12-10-29)19-4-6-21(26)23(14-19)28-17(2)20-5-3-18(25)13-22(20)27/h3-6,13-14,16-17,28H,7-12,15H2,1-2H3/t16-,17?/m1/s1. The number of anilines is 2. The number of nitrogens with one attached hydrogen (secondary N) is 1. The van der Waals surface area contributed by atoms with Crippen LogP contribution in [0.4, 0.5) is 16.2 Å². The fourth-order valence-electron chi connectivity index (χ4n) is 4.40. The second-order valence-corrected chi connectivity index (χ2v) is 9.82. The molecule has 9 heteroatoms. The molecule has 0 saturated carbocycles. The van der Waals surface area contributed by atoms with Crippen molar-refractivity contribution in [2.45, 2.75) is 25.9 Å². The zero-order chi connectivity index (χ0) is 23.5. The minimum atomic E-state index is -0.0515. The molecule has 1 N–H and O–H groups in total. The Bertz CT molecular complexity index is 1000. The van der Waals surface area contributed by atoms with E-state index in [1.165, 1.54) is 0 Å². The molecule has 0 bridgehead atoms. The largest absolute Gasteiger partial charge is 0.378 e. The number of nitrogens with zero attached hydrogens (tertiary/aromatic N) is 3. The molecule has 2 heterocycles. The Morgan fingerprint density at radius 1 is 1.03 bits per heavy atom. The summed E-state index contributed by atoms with van der Waals surface area (Å²) in [5.74, 6) is 0. The van der Waals surface area contributed by atoms with Gasteiger partial charge < -0.3 is 24.8 Å². The zero-order valence-electron chi connectivity index (χ0n) is 18.9. The smallest absolute Gasteiger partial charge is 0.320 e. The van der Waals surface area contributed by atoms with E-state index in [1.54, 1.807) is 6.07 Å². The van der Waals surface area contributed by atoms with Crippen LogP contribution in [-0.4, -0.2) is 67.8 Å². The van der Waals surface area contributed by atoms with Gasteiger partial charge in [0.15, 0.2) is 0 Å². The number of urea groups is 1. The average Bonchev–Trinajstić information content (AvgIpc) is 2.80. The van der Waals surface area contributed by atoms with Crippen LogP contribution >= 0.6 is 34.8 Å². The van der Waals surface area contributed by atoms with Crippen LogP contribution in [0, 0.1) is 0 Å². The van der Waals surface area contributed by atoms with Gasteiger partial charge >= 0.3 is 6.03 Å². The highest BCUT2D eigenvalue weighted by Crippen LogP contribution is 2.34. The first-order valence-corrected chi connectivity index (χ1v) is 12.4. The van der Waals surface area contributed by atoms with Crippen molar-refractivity contribution in [3.8, 4) is 0 Å². The van der Waals surface area contributed by atoms with Crippen molar-refractivity contribution < 1.29 is 9.53 Å². The van der Waals surface area contributed by atoms with E-state index in [0.717, 1.165) is 30.0 Å². The summed E-state index contributed by atoms with van der Waals surface area (Å²) in [7, 11) is 0. The SMILES string of the molecule is CC(Nc1cc(N2CCN(C(=O)N3CCOCC3)[C@H](C)C2)ccc1Cl)c1ccc(Cl)cc1Cl. The maximum absolute atomic E-state index is 12.9. The highest BCUT2D eigenvalue weighted by atomic mass is 35.5. The Kier molecular flexibility index (Phi) is 7.80. The van der Waals surface area contributed by atoms with E-state index < -0.39 is 0 Å². The topological polar surface area (TPSA) is 48.0 Å². The number of hydrogen-bond donors (Lipinski definition) is 1. The summed E-state index contributed by atoms with van der Waals surface area (Å²) in [6.07, 6.45) is 0. The van der Waals surface area contributed by atoms with E-state index in [2.05, 4.69) is 23.2 Å².